The second kappa shape index (κ2) is 2.20. The van der Waals surface area contributed by atoms with E-state index in [-0.39, 0.29) is 5.75 Å². The van der Waals surface area contributed by atoms with E-state index in [1.165, 1.54) is 17.4 Å². The Hall–Kier alpha value is -1.09. The van der Waals surface area contributed by atoms with Crippen molar-refractivity contribution in [1.82, 2.24) is 0 Å². The van der Waals surface area contributed by atoms with Crippen molar-refractivity contribution < 1.29 is 9.50 Å². The van der Waals surface area contributed by atoms with Crippen molar-refractivity contribution in [1.29, 1.82) is 0 Å². The SMILES string of the molecule is Oc1c(F)ccc2sccc12. The first-order chi connectivity index (χ1) is 5.29. The Morgan fingerprint density at radius 3 is 2.91 bits per heavy atom. The zero-order valence-corrected chi connectivity index (χ0v) is 6.36. The van der Waals surface area contributed by atoms with Crippen LogP contribution < -0.4 is 0 Å². The summed E-state index contributed by atoms with van der Waals surface area (Å²) in [6, 6.07) is 4.64. The standard InChI is InChI=1S/C8H5FOS/c9-6-1-2-7-5(8(6)10)3-4-11-7/h1-4,10H. The van der Waals surface area contributed by atoms with E-state index >= 15 is 0 Å². The average Bonchev–Trinajstić information content (AvgIpc) is 2.45. The molecular weight excluding hydrogens is 163 g/mol. The molecule has 0 bridgehead atoms. The molecule has 0 atom stereocenters. The summed E-state index contributed by atoms with van der Waals surface area (Å²) in [6.07, 6.45) is 0. The molecule has 1 aromatic carbocycles. The highest BCUT2D eigenvalue weighted by atomic mass is 32.1. The van der Waals surface area contributed by atoms with Gasteiger partial charge in [0.05, 0.1) is 0 Å². The van der Waals surface area contributed by atoms with Crippen LogP contribution >= 0.6 is 11.3 Å². The quantitative estimate of drug-likeness (QED) is 0.641. The second-order valence-corrected chi connectivity index (χ2v) is 3.18. The molecule has 1 heterocycles. The van der Waals surface area contributed by atoms with Crippen LogP contribution in [0.1, 0.15) is 0 Å². The smallest absolute Gasteiger partial charge is 0.165 e. The Bertz CT molecular complexity index is 394. The van der Waals surface area contributed by atoms with Crippen molar-refractivity contribution in [2.75, 3.05) is 0 Å². The van der Waals surface area contributed by atoms with Gasteiger partial charge >= 0.3 is 0 Å². The number of phenolic OH excluding ortho intramolecular Hbond substituents is 1. The lowest BCUT2D eigenvalue weighted by Crippen LogP contribution is -1.73. The van der Waals surface area contributed by atoms with E-state index in [0.29, 0.717) is 5.39 Å². The molecule has 2 aromatic rings. The van der Waals surface area contributed by atoms with E-state index < -0.39 is 5.82 Å². The third kappa shape index (κ3) is 0.886. The molecule has 0 aliphatic carbocycles. The topological polar surface area (TPSA) is 20.2 Å². The fourth-order valence-corrected chi connectivity index (χ4v) is 1.79. The molecule has 0 aliphatic heterocycles. The van der Waals surface area contributed by atoms with Gasteiger partial charge in [-0.05, 0) is 23.6 Å². The zero-order chi connectivity index (χ0) is 7.84. The Morgan fingerprint density at radius 1 is 1.27 bits per heavy atom. The maximum Gasteiger partial charge on any atom is 0.165 e. The maximum atomic E-state index is 12.7. The van der Waals surface area contributed by atoms with Gasteiger partial charge in [0.2, 0.25) is 0 Å². The predicted octanol–water partition coefficient (Wildman–Crippen LogP) is 2.75. The van der Waals surface area contributed by atoms with Gasteiger partial charge in [0.1, 0.15) is 0 Å². The van der Waals surface area contributed by atoms with Crippen molar-refractivity contribution in [2.24, 2.45) is 0 Å². The molecule has 0 saturated heterocycles. The van der Waals surface area contributed by atoms with Crippen LogP contribution in [0, 0.1) is 5.82 Å². The Morgan fingerprint density at radius 2 is 2.09 bits per heavy atom. The Labute approximate surface area is 66.7 Å². The third-order valence-corrected chi connectivity index (χ3v) is 2.44. The van der Waals surface area contributed by atoms with Crippen LogP contribution in [0.3, 0.4) is 0 Å². The summed E-state index contributed by atoms with van der Waals surface area (Å²) >= 11 is 1.48. The number of aromatic hydroxyl groups is 1. The first kappa shape index (κ1) is 6.61. The van der Waals surface area contributed by atoms with Gasteiger partial charge in [0.25, 0.3) is 0 Å². The van der Waals surface area contributed by atoms with Gasteiger partial charge in [0.15, 0.2) is 11.6 Å². The Kier molecular flexibility index (Phi) is 1.32. The molecule has 2 rings (SSSR count). The number of phenols is 1. The molecule has 0 aliphatic rings. The van der Waals surface area contributed by atoms with Gasteiger partial charge in [-0.3, -0.25) is 0 Å². The summed E-state index contributed by atoms with van der Waals surface area (Å²) in [5.41, 5.74) is 0. The van der Waals surface area contributed by atoms with Crippen LogP contribution in [-0.4, -0.2) is 5.11 Å². The molecule has 0 amide bonds. The highest BCUT2D eigenvalue weighted by Crippen LogP contribution is 2.30. The van der Waals surface area contributed by atoms with Gasteiger partial charge in [-0.25, -0.2) is 4.39 Å². The van der Waals surface area contributed by atoms with Crippen LogP contribution in [0.2, 0.25) is 0 Å². The van der Waals surface area contributed by atoms with Gasteiger partial charge < -0.3 is 5.11 Å². The molecule has 1 aromatic heterocycles. The van der Waals surface area contributed by atoms with Gasteiger partial charge in [0, 0.05) is 10.1 Å². The minimum atomic E-state index is -0.559. The van der Waals surface area contributed by atoms with Crippen LogP contribution in [0.5, 0.6) is 5.75 Å². The van der Waals surface area contributed by atoms with Crippen LogP contribution in [0.4, 0.5) is 4.39 Å². The summed E-state index contributed by atoms with van der Waals surface area (Å²) in [7, 11) is 0. The summed E-state index contributed by atoms with van der Waals surface area (Å²) in [6.45, 7) is 0. The van der Waals surface area contributed by atoms with E-state index in [4.69, 9.17) is 0 Å². The molecule has 1 nitrogen and oxygen atoms in total. The lowest BCUT2D eigenvalue weighted by molar-refractivity contribution is 0.439. The van der Waals surface area contributed by atoms with Gasteiger partial charge in [-0.1, -0.05) is 0 Å². The molecule has 0 fully saturated rings. The lowest BCUT2D eigenvalue weighted by atomic mass is 10.2. The van der Waals surface area contributed by atoms with Crippen molar-refractivity contribution in [3.63, 3.8) is 0 Å². The van der Waals surface area contributed by atoms with Gasteiger partial charge in [-0.15, -0.1) is 11.3 Å². The van der Waals surface area contributed by atoms with Crippen molar-refractivity contribution >= 4 is 21.4 Å². The predicted molar refractivity (Wildman–Crippen MR) is 43.4 cm³/mol. The van der Waals surface area contributed by atoms with Crippen molar-refractivity contribution in [2.45, 2.75) is 0 Å². The second-order valence-electron chi connectivity index (χ2n) is 2.23. The number of hydrogen-bond donors (Lipinski definition) is 1. The normalized spacial score (nSPS) is 10.6. The Balaban J connectivity index is 2.93. The monoisotopic (exact) mass is 168 g/mol. The van der Waals surface area contributed by atoms with E-state index in [9.17, 15) is 9.50 Å². The number of benzene rings is 1. The van der Waals surface area contributed by atoms with Crippen molar-refractivity contribution in [3.8, 4) is 5.75 Å². The lowest BCUT2D eigenvalue weighted by Gasteiger charge is -1.94. The third-order valence-electron chi connectivity index (χ3n) is 1.56. The first-order valence-electron chi connectivity index (χ1n) is 3.14. The van der Waals surface area contributed by atoms with Gasteiger partial charge in [-0.2, -0.15) is 0 Å². The van der Waals surface area contributed by atoms with Crippen LogP contribution in [0.15, 0.2) is 23.6 Å². The highest BCUT2D eigenvalue weighted by Gasteiger charge is 2.05. The minimum absolute atomic E-state index is 0.247. The summed E-state index contributed by atoms with van der Waals surface area (Å²) in [5.74, 6) is -0.806. The molecule has 0 spiro atoms. The molecule has 11 heavy (non-hydrogen) atoms. The average molecular weight is 168 g/mol. The molecule has 0 unspecified atom stereocenters. The first-order valence-corrected chi connectivity index (χ1v) is 4.01. The van der Waals surface area contributed by atoms with E-state index in [1.54, 1.807) is 12.1 Å². The highest BCUT2D eigenvalue weighted by molar-refractivity contribution is 7.17. The fraction of sp³-hybridized carbons (Fsp3) is 0. The summed E-state index contributed by atoms with van der Waals surface area (Å²) < 4.78 is 13.6. The molecule has 0 saturated carbocycles. The number of fused-ring (bicyclic) bond motifs is 1. The molecular formula is C8H5FOS. The zero-order valence-electron chi connectivity index (χ0n) is 5.54. The number of thiophene rings is 1. The molecule has 1 N–H and O–H groups in total. The summed E-state index contributed by atoms with van der Waals surface area (Å²) in [4.78, 5) is 0. The minimum Gasteiger partial charge on any atom is -0.504 e. The van der Waals surface area contributed by atoms with Crippen LogP contribution in [-0.2, 0) is 0 Å². The number of halogens is 1. The van der Waals surface area contributed by atoms with Crippen molar-refractivity contribution in [3.05, 3.63) is 29.4 Å². The number of hydrogen-bond acceptors (Lipinski definition) is 2. The number of rotatable bonds is 0. The maximum absolute atomic E-state index is 12.7. The molecule has 3 heteroatoms. The van der Waals surface area contributed by atoms with E-state index in [0.717, 1.165) is 4.70 Å². The summed E-state index contributed by atoms with van der Waals surface area (Å²) in [5, 5.41) is 11.6. The largest absolute Gasteiger partial charge is 0.504 e. The van der Waals surface area contributed by atoms with E-state index in [1.807, 2.05) is 5.38 Å². The fourth-order valence-electron chi connectivity index (χ4n) is 1.00. The van der Waals surface area contributed by atoms with E-state index in [2.05, 4.69) is 0 Å². The van der Waals surface area contributed by atoms with Crippen LogP contribution in [0.25, 0.3) is 10.1 Å². The molecule has 56 valence electrons. The molecule has 0 radical (unpaired) electrons.